The van der Waals surface area contributed by atoms with Gasteiger partial charge >= 0.3 is 0 Å². The molecular formula is C9H19NO2. The van der Waals surface area contributed by atoms with Crippen molar-refractivity contribution in [3.63, 3.8) is 0 Å². The van der Waals surface area contributed by atoms with Crippen LogP contribution in [0.3, 0.4) is 0 Å². The van der Waals surface area contributed by atoms with Gasteiger partial charge in [-0.25, -0.2) is 0 Å². The Balaban J connectivity index is 2.63. The summed E-state index contributed by atoms with van der Waals surface area (Å²) in [5.41, 5.74) is 5.85. The van der Waals surface area contributed by atoms with E-state index in [1.54, 1.807) is 14.2 Å². The van der Waals surface area contributed by atoms with Crippen LogP contribution in [0.4, 0.5) is 0 Å². The van der Waals surface area contributed by atoms with Crippen LogP contribution < -0.4 is 5.73 Å². The van der Waals surface area contributed by atoms with Crippen LogP contribution in [-0.2, 0) is 9.47 Å². The molecule has 0 saturated heterocycles. The molecule has 0 bridgehead atoms. The Morgan fingerprint density at radius 3 is 2.08 bits per heavy atom. The maximum atomic E-state index is 5.76. The van der Waals surface area contributed by atoms with Gasteiger partial charge < -0.3 is 15.2 Å². The quantitative estimate of drug-likeness (QED) is 0.648. The van der Waals surface area contributed by atoms with Crippen molar-refractivity contribution in [1.29, 1.82) is 0 Å². The van der Waals surface area contributed by atoms with Crippen LogP contribution >= 0.6 is 0 Å². The van der Waals surface area contributed by atoms with Crippen molar-refractivity contribution >= 4 is 0 Å². The van der Waals surface area contributed by atoms with Gasteiger partial charge in [-0.15, -0.1) is 0 Å². The molecule has 2 N–H and O–H groups in total. The van der Waals surface area contributed by atoms with Gasteiger partial charge in [-0.05, 0) is 12.8 Å². The predicted octanol–water partition coefficient (Wildman–Crippen LogP) is 1.12. The summed E-state index contributed by atoms with van der Waals surface area (Å²) in [4.78, 5) is 0. The van der Waals surface area contributed by atoms with Crippen LogP contribution in [0.2, 0.25) is 0 Å². The Morgan fingerprint density at radius 2 is 1.75 bits per heavy atom. The summed E-state index contributed by atoms with van der Waals surface area (Å²) in [5, 5.41) is 0. The third-order valence-corrected chi connectivity index (χ3v) is 2.93. The first-order valence-corrected chi connectivity index (χ1v) is 4.55. The van der Waals surface area contributed by atoms with Crippen LogP contribution in [0.5, 0.6) is 0 Å². The molecule has 0 atom stereocenters. The van der Waals surface area contributed by atoms with E-state index in [0.29, 0.717) is 6.54 Å². The molecule has 0 heterocycles. The van der Waals surface area contributed by atoms with E-state index in [0.717, 1.165) is 12.8 Å². The minimum atomic E-state index is -0.120. The lowest BCUT2D eigenvalue weighted by Gasteiger charge is -2.33. The summed E-state index contributed by atoms with van der Waals surface area (Å²) in [7, 11) is 3.37. The van der Waals surface area contributed by atoms with E-state index in [4.69, 9.17) is 15.2 Å². The van der Waals surface area contributed by atoms with E-state index < -0.39 is 0 Å². The third kappa shape index (κ3) is 1.63. The zero-order chi connectivity index (χ0) is 9.03. The summed E-state index contributed by atoms with van der Waals surface area (Å²) in [5.74, 6) is 0. The third-order valence-electron chi connectivity index (χ3n) is 2.93. The maximum absolute atomic E-state index is 5.76. The highest BCUT2D eigenvalue weighted by Gasteiger charge is 2.40. The molecule has 1 saturated carbocycles. The summed E-state index contributed by atoms with van der Waals surface area (Å²) in [6.07, 6.45) is 4.65. The molecule has 1 aliphatic rings. The Bertz CT molecular complexity index is 128. The van der Waals surface area contributed by atoms with E-state index in [9.17, 15) is 0 Å². The number of rotatable bonds is 4. The monoisotopic (exact) mass is 173 g/mol. The van der Waals surface area contributed by atoms with Gasteiger partial charge in [0.05, 0.1) is 0 Å². The van der Waals surface area contributed by atoms with Gasteiger partial charge in [-0.2, -0.15) is 0 Å². The van der Waals surface area contributed by atoms with Crippen molar-refractivity contribution in [2.75, 3.05) is 20.8 Å². The molecule has 1 aliphatic carbocycles. The molecule has 0 aliphatic heterocycles. The molecule has 72 valence electrons. The smallest absolute Gasteiger partial charge is 0.163 e. The van der Waals surface area contributed by atoms with E-state index in [-0.39, 0.29) is 11.7 Å². The second kappa shape index (κ2) is 4.21. The van der Waals surface area contributed by atoms with E-state index in [1.807, 2.05) is 0 Å². The molecule has 1 fully saturated rings. The fourth-order valence-electron chi connectivity index (χ4n) is 2.21. The maximum Gasteiger partial charge on any atom is 0.163 e. The average molecular weight is 173 g/mol. The van der Waals surface area contributed by atoms with Crippen molar-refractivity contribution < 1.29 is 9.47 Å². The van der Waals surface area contributed by atoms with Gasteiger partial charge in [0, 0.05) is 26.2 Å². The van der Waals surface area contributed by atoms with Gasteiger partial charge in [-0.3, -0.25) is 0 Å². The second-order valence-electron chi connectivity index (χ2n) is 3.58. The van der Waals surface area contributed by atoms with Crippen molar-refractivity contribution in [3.05, 3.63) is 0 Å². The number of hydrogen-bond donors (Lipinski definition) is 1. The molecule has 0 aromatic rings. The van der Waals surface area contributed by atoms with Crippen LogP contribution in [0.1, 0.15) is 25.7 Å². The molecular weight excluding hydrogens is 154 g/mol. The van der Waals surface area contributed by atoms with Gasteiger partial charge in [0.1, 0.15) is 0 Å². The lowest BCUT2D eigenvalue weighted by molar-refractivity contribution is -0.173. The lowest BCUT2D eigenvalue weighted by atomic mass is 9.85. The highest BCUT2D eigenvalue weighted by atomic mass is 16.7. The summed E-state index contributed by atoms with van der Waals surface area (Å²) in [6, 6.07) is 0. The number of ether oxygens (including phenoxy) is 2. The van der Waals surface area contributed by atoms with Gasteiger partial charge in [-0.1, -0.05) is 12.8 Å². The van der Waals surface area contributed by atoms with Gasteiger partial charge in [0.15, 0.2) is 6.29 Å². The number of hydrogen-bond acceptors (Lipinski definition) is 3. The van der Waals surface area contributed by atoms with Crippen molar-refractivity contribution in [2.24, 2.45) is 11.1 Å². The highest BCUT2D eigenvalue weighted by Crippen LogP contribution is 2.41. The fourth-order valence-corrected chi connectivity index (χ4v) is 2.21. The standard InChI is InChI=1S/C9H19NO2/c1-11-8(12-2)9(7-10)5-3-4-6-9/h8H,3-7,10H2,1-2H3. The molecule has 0 aromatic carbocycles. The highest BCUT2D eigenvalue weighted by molar-refractivity contribution is 4.88. The Kier molecular flexibility index (Phi) is 3.50. The van der Waals surface area contributed by atoms with Crippen LogP contribution in [0.25, 0.3) is 0 Å². The van der Waals surface area contributed by atoms with Crippen LogP contribution in [0, 0.1) is 5.41 Å². The summed E-state index contributed by atoms with van der Waals surface area (Å²) < 4.78 is 10.6. The molecule has 12 heavy (non-hydrogen) atoms. The summed E-state index contributed by atoms with van der Waals surface area (Å²) >= 11 is 0. The zero-order valence-corrected chi connectivity index (χ0v) is 8.01. The Hall–Kier alpha value is -0.120. The molecule has 0 unspecified atom stereocenters. The molecule has 0 spiro atoms. The normalized spacial score (nSPS) is 22.0. The molecule has 0 amide bonds. The lowest BCUT2D eigenvalue weighted by Crippen LogP contribution is -2.41. The number of nitrogens with two attached hydrogens (primary N) is 1. The van der Waals surface area contributed by atoms with E-state index in [2.05, 4.69) is 0 Å². The number of methoxy groups -OCH3 is 2. The average Bonchev–Trinajstić information content (AvgIpc) is 2.56. The van der Waals surface area contributed by atoms with Crippen molar-refractivity contribution in [1.82, 2.24) is 0 Å². The molecule has 3 nitrogen and oxygen atoms in total. The van der Waals surface area contributed by atoms with Crippen molar-refractivity contribution in [3.8, 4) is 0 Å². The van der Waals surface area contributed by atoms with Gasteiger partial charge in [0.2, 0.25) is 0 Å². The first kappa shape index (κ1) is 9.96. The topological polar surface area (TPSA) is 44.5 Å². The van der Waals surface area contributed by atoms with Crippen LogP contribution in [-0.4, -0.2) is 27.1 Å². The van der Waals surface area contributed by atoms with E-state index >= 15 is 0 Å². The first-order valence-electron chi connectivity index (χ1n) is 4.55. The molecule has 0 radical (unpaired) electrons. The minimum Gasteiger partial charge on any atom is -0.355 e. The zero-order valence-electron chi connectivity index (χ0n) is 8.01. The Labute approximate surface area is 74.2 Å². The first-order chi connectivity index (χ1) is 5.79. The molecule has 3 heteroatoms. The summed E-state index contributed by atoms with van der Waals surface area (Å²) in [6.45, 7) is 0.666. The predicted molar refractivity (Wildman–Crippen MR) is 47.8 cm³/mol. The molecule has 0 aromatic heterocycles. The van der Waals surface area contributed by atoms with Gasteiger partial charge in [0.25, 0.3) is 0 Å². The van der Waals surface area contributed by atoms with Crippen molar-refractivity contribution in [2.45, 2.75) is 32.0 Å². The minimum absolute atomic E-state index is 0.0868. The Morgan fingerprint density at radius 1 is 1.25 bits per heavy atom. The second-order valence-corrected chi connectivity index (χ2v) is 3.58. The SMILES string of the molecule is COC(OC)C1(CN)CCCC1. The fraction of sp³-hybridized carbons (Fsp3) is 1.00. The van der Waals surface area contributed by atoms with Crippen LogP contribution in [0.15, 0.2) is 0 Å². The molecule has 1 rings (SSSR count). The van der Waals surface area contributed by atoms with E-state index in [1.165, 1.54) is 12.8 Å². The largest absolute Gasteiger partial charge is 0.355 e.